The first-order valence-corrected chi connectivity index (χ1v) is 7.32. The molecule has 2 rings (SSSR count). The van der Waals surface area contributed by atoms with Crippen molar-refractivity contribution in [3.63, 3.8) is 0 Å². The molecule has 5 heteroatoms. The minimum atomic E-state index is 0.0806. The molecule has 1 aromatic heterocycles. The Morgan fingerprint density at radius 1 is 1.50 bits per heavy atom. The number of carbonyl (C=O) groups excluding carboxylic acids is 1. The van der Waals surface area contributed by atoms with Gasteiger partial charge < -0.3 is 10.6 Å². The summed E-state index contributed by atoms with van der Waals surface area (Å²) in [7, 11) is 0. The van der Waals surface area contributed by atoms with Gasteiger partial charge in [-0.05, 0) is 12.8 Å². The molecule has 100 valence electrons. The summed E-state index contributed by atoms with van der Waals surface area (Å²) in [6, 6.07) is 0.214. The largest absolute Gasteiger partial charge is 0.358 e. The number of hydrogen-bond donors (Lipinski definition) is 2. The maximum Gasteiger partial charge on any atom is 0.222 e. The summed E-state index contributed by atoms with van der Waals surface area (Å²) >= 11 is 1.62. The van der Waals surface area contributed by atoms with Crippen molar-refractivity contribution in [2.45, 2.75) is 51.5 Å². The fraction of sp³-hybridized carbons (Fsp3) is 0.692. The second kappa shape index (κ2) is 5.26. The zero-order valence-corrected chi connectivity index (χ0v) is 12.1. The third kappa shape index (κ3) is 3.45. The lowest BCUT2D eigenvalue weighted by molar-refractivity contribution is -0.120. The van der Waals surface area contributed by atoms with E-state index in [0.29, 0.717) is 6.42 Å². The van der Waals surface area contributed by atoms with Crippen LogP contribution in [0.15, 0.2) is 5.38 Å². The summed E-state index contributed by atoms with van der Waals surface area (Å²) < 4.78 is 0. The number of nitrogens with one attached hydrogen (secondary N) is 2. The van der Waals surface area contributed by atoms with E-state index in [1.54, 1.807) is 11.3 Å². The molecule has 18 heavy (non-hydrogen) atoms. The third-order valence-electron chi connectivity index (χ3n) is 3.08. The molecule has 0 aromatic carbocycles. The quantitative estimate of drug-likeness (QED) is 0.865. The van der Waals surface area contributed by atoms with Crippen molar-refractivity contribution >= 4 is 22.4 Å². The van der Waals surface area contributed by atoms with Crippen molar-refractivity contribution in [1.82, 2.24) is 10.3 Å². The highest BCUT2D eigenvalue weighted by Crippen LogP contribution is 2.27. The van der Waals surface area contributed by atoms with Gasteiger partial charge in [-0.15, -0.1) is 11.3 Å². The summed E-state index contributed by atoms with van der Waals surface area (Å²) in [5.41, 5.74) is 1.19. The number of amides is 1. The average molecular weight is 267 g/mol. The fourth-order valence-corrected chi connectivity index (χ4v) is 2.97. The Balaban J connectivity index is 2.00. The van der Waals surface area contributed by atoms with Gasteiger partial charge >= 0.3 is 0 Å². The molecule has 0 spiro atoms. The topological polar surface area (TPSA) is 54.0 Å². The number of anilines is 1. The molecular formula is C13H21N3OS. The van der Waals surface area contributed by atoms with Crippen LogP contribution in [0.5, 0.6) is 0 Å². The molecular weight excluding hydrogens is 246 g/mol. The van der Waals surface area contributed by atoms with Crippen LogP contribution in [0.25, 0.3) is 0 Å². The molecule has 0 radical (unpaired) electrons. The minimum absolute atomic E-state index is 0.0806. The van der Waals surface area contributed by atoms with Gasteiger partial charge in [0.1, 0.15) is 0 Å². The Labute approximate surface area is 112 Å². The van der Waals surface area contributed by atoms with E-state index in [1.165, 1.54) is 0 Å². The van der Waals surface area contributed by atoms with Crippen LogP contribution in [0.3, 0.4) is 0 Å². The maximum absolute atomic E-state index is 11.5. The first-order chi connectivity index (χ1) is 8.45. The van der Waals surface area contributed by atoms with Gasteiger partial charge in [0, 0.05) is 29.8 Å². The molecule has 1 unspecified atom stereocenters. The molecule has 0 aliphatic carbocycles. The highest BCUT2D eigenvalue weighted by Gasteiger charge is 2.20. The lowest BCUT2D eigenvalue weighted by atomic mass is 9.93. The van der Waals surface area contributed by atoms with E-state index < -0.39 is 0 Å². The summed E-state index contributed by atoms with van der Waals surface area (Å²) in [5.74, 6) is 0.137. The van der Waals surface area contributed by atoms with Crippen molar-refractivity contribution in [1.29, 1.82) is 0 Å². The van der Waals surface area contributed by atoms with Crippen molar-refractivity contribution < 1.29 is 4.79 Å². The number of aromatic nitrogens is 1. The van der Waals surface area contributed by atoms with Crippen LogP contribution in [0.2, 0.25) is 0 Å². The minimum Gasteiger partial charge on any atom is -0.358 e. The lowest BCUT2D eigenvalue weighted by Crippen LogP contribution is -2.26. The zero-order chi connectivity index (χ0) is 13.2. The van der Waals surface area contributed by atoms with Crippen molar-refractivity contribution in [2.75, 3.05) is 11.9 Å². The Bertz CT molecular complexity index is 422. The Morgan fingerprint density at radius 3 is 2.94 bits per heavy atom. The van der Waals surface area contributed by atoms with Crippen LogP contribution >= 0.6 is 11.3 Å². The van der Waals surface area contributed by atoms with Crippen LogP contribution < -0.4 is 10.6 Å². The van der Waals surface area contributed by atoms with Gasteiger partial charge in [-0.1, -0.05) is 20.8 Å². The summed E-state index contributed by atoms with van der Waals surface area (Å²) in [6.45, 7) is 7.27. The van der Waals surface area contributed by atoms with Crippen molar-refractivity contribution in [3.05, 3.63) is 11.1 Å². The van der Waals surface area contributed by atoms with Crippen LogP contribution in [-0.2, 0) is 10.2 Å². The number of thiazole rings is 1. The van der Waals surface area contributed by atoms with Gasteiger partial charge in [0.05, 0.1) is 5.69 Å². The normalized spacial score (nSPS) is 21.3. The molecule has 1 atom stereocenters. The van der Waals surface area contributed by atoms with E-state index in [-0.39, 0.29) is 17.4 Å². The number of hydrogen-bond acceptors (Lipinski definition) is 4. The standard InChI is InChI=1S/C13H21N3OS/c1-13(2,3)10-8-18-12(16-10)15-9-5-4-6-14-11(17)7-9/h8-9H,4-7H2,1-3H3,(H,14,17)(H,15,16). The Hall–Kier alpha value is -1.10. The second-order valence-corrected chi connectivity index (χ2v) is 6.68. The van der Waals surface area contributed by atoms with Crippen molar-refractivity contribution in [2.24, 2.45) is 0 Å². The third-order valence-corrected chi connectivity index (χ3v) is 3.86. The summed E-state index contributed by atoms with van der Waals surface area (Å²) in [6.07, 6.45) is 2.59. The molecule has 1 aliphatic rings. The number of carbonyl (C=O) groups is 1. The fourth-order valence-electron chi connectivity index (χ4n) is 1.96. The highest BCUT2D eigenvalue weighted by atomic mass is 32.1. The van der Waals surface area contributed by atoms with Gasteiger partial charge in [0.2, 0.25) is 5.91 Å². The molecule has 2 N–H and O–H groups in total. The van der Waals surface area contributed by atoms with Crippen LogP contribution in [0, 0.1) is 0 Å². The Morgan fingerprint density at radius 2 is 2.28 bits per heavy atom. The van der Waals surface area contributed by atoms with Gasteiger partial charge in [-0.3, -0.25) is 4.79 Å². The van der Waals surface area contributed by atoms with Gasteiger partial charge in [-0.25, -0.2) is 4.98 Å². The molecule has 1 amide bonds. The Kier molecular flexibility index (Phi) is 3.90. The summed E-state index contributed by atoms with van der Waals surface area (Å²) in [5, 5.41) is 9.31. The first-order valence-electron chi connectivity index (χ1n) is 6.44. The molecule has 4 nitrogen and oxygen atoms in total. The van der Waals surface area contributed by atoms with E-state index in [4.69, 9.17) is 0 Å². The monoisotopic (exact) mass is 267 g/mol. The van der Waals surface area contributed by atoms with Crippen LogP contribution in [0.4, 0.5) is 5.13 Å². The van der Waals surface area contributed by atoms with Crippen molar-refractivity contribution in [3.8, 4) is 0 Å². The van der Waals surface area contributed by atoms with E-state index >= 15 is 0 Å². The van der Waals surface area contributed by atoms with E-state index in [1.807, 2.05) is 0 Å². The van der Waals surface area contributed by atoms with Gasteiger partial charge in [-0.2, -0.15) is 0 Å². The number of rotatable bonds is 2. The zero-order valence-electron chi connectivity index (χ0n) is 11.2. The molecule has 1 aliphatic heterocycles. The molecule has 1 fully saturated rings. The number of nitrogens with zero attached hydrogens (tertiary/aromatic N) is 1. The van der Waals surface area contributed by atoms with Crippen LogP contribution in [0.1, 0.15) is 45.7 Å². The molecule has 1 saturated heterocycles. The van der Waals surface area contributed by atoms with Crippen LogP contribution in [-0.4, -0.2) is 23.5 Å². The van der Waals surface area contributed by atoms with E-state index in [0.717, 1.165) is 30.2 Å². The van der Waals surface area contributed by atoms with E-state index in [9.17, 15) is 4.79 Å². The summed E-state index contributed by atoms with van der Waals surface area (Å²) in [4.78, 5) is 16.1. The van der Waals surface area contributed by atoms with E-state index in [2.05, 4.69) is 41.8 Å². The predicted octanol–water partition coefficient (Wildman–Crippen LogP) is 2.52. The average Bonchev–Trinajstić information content (AvgIpc) is 2.63. The smallest absolute Gasteiger partial charge is 0.222 e. The maximum atomic E-state index is 11.5. The second-order valence-electron chi connectivity index (χ2n) is 5.83. The molecule has 0 bridgehead atoms. The van der Waals surface area contributed by atoms with Gasteiger partial charge in [0.15, 0.2) is 5.13 Å². The molecule has 2 heterocycles. The molecule has 1 aromatic rings. The van der Waals surface area contributed by atoms with Gasteiger partial charge in [0.25, 0.3) is 0 Å². The molecule has 0 saturated carbocycles. The predicted molar refractivity (Wildman–Crippen MR) is 75.1 cm³/mol. The highest BCUT2D eigenvalue weighted by molar-refractivity contribution is 7.13. The lowest BCUT2D eigenvalue weighted by Gasteiger charge is -2.16. The SMILES string of the molecule is CC(C)(C)c1csc(NC2CCCNC(=O)C2)n1. The first kappa shape index (κ1) is 13.3.